The first-order valence-electron chi connectivity index (χ1n) is 12.5. The lowest BCUT2D eigenvalue weighted by molar-refractivity contribution is -0.148. The van der Waals surface area contributed by atoms with Gasteiger partial charge in [-0.15, -0.1) is 0 Å². The van der Waals surface area contributed by atoms with E-state index in [1.807, 2.05) is 52.0 Å². The highest BCUT2D eigenvalue weighted by molar-refractivity contribution is 6.22. The Labute approximate surface area is 210 Å². The highest BCUT2D eigenvalue weighted by Crippen LogP contribution is 2.53. The standard InChI is InChI=1S/C30H28N2O4/c1-15-7-5-9-23(17(15)3)31-27(33)19-11-13-21-26-22(14-12-20(25(19)26)28(31)34)30(36)32(29(21)35)24-10-6-8-16(2)18(24)4/h5-14,19-22,25-26H,1-4H3/t19-,20+,21-,22+,25?,26?. The van der Waals surface area contributed by atoms with Crippen LogP contribution in [0, 0.1) is 63.2 Å². The third kappa shape index (κ3) is 2.90. The Morgan fingerprint density at radius 1 is 0.500 bits per heavy atom. The molecule has 6 heteroatoms. The van der Waals surface area contributed by atoms with Gasteiger partial charge in [-0.3, -0.25) is 19.2 Å². The maximum Gasteiger partial charge on any atom is 0.241 e. The number of rotatable bonds is 2. The van der Waals surface area contributed by atoms with Gasteiger partial charge in [0.1, 0.15) is 0 Å². The molecule has 2 heterocycles. The molecule has 4 aliphatic rings. The van der Waals surface area contributed by atoms with Crippen molar-refractivity contribution in [3.63, 3.8) is 0 Å². The van der Waals surface area contributed by atoms with Gasteiger partial charge in [-0.1, -0.05) is 48.6 Å². The van der Waals surface area contributed by atoms with E-state index in [9.17, 15) is 19.2 Å². The van der Waals surface area contributed by atoms with Crippen LogP contribution in [-0.4, -0.2) is 23.6 Å². The number of piperidine rings is 2. The lowest BCUT2D eigenvalue weighted by Crippen LogP contribution is -2.64. The van der Waals surface area contributed by atoms with Crippen molar-refractivity contribution in [2.45, 2.75) is 27.7 Å². The van der Waals surface area contributed by atoms with Gasteiger partial charge >= 0.3 is 0 Å². The summed E-state index contributed by atoms with van der Waals surface area (Å²) in [6.45, 7) is 7.74. The van der Waals surface area contributed by atoms with E-state index < -0.39 is 35.5 Å². The minimum absolute atomic E-state index is 0.282. The van der Waals surface area contributed by atoms with Gasteiger partial charge in [-0.05, 0) is 73.9 Å². The van der Waals surface area contributed by atoms with E-state index in [1.54, 1.807) is 36.4 Å². The molecule has 0 bridgehead atoms. The molecule has 2 unspecified atom stereocenters. The predicted octanol–water partition coefficient (Wildman–Crippen LogP) is 4.20. The fourth-order valence-electron chi connectivity index (χ4n) is 6.63. The lowest BCUT2D eigenvalue weighted by atomic mass is 9.55. The number of carbonyl (C=O) groups is 4. The number of aryl methyl sites for hydroxylation is 2. The SMILES string of the molecule is Cc1cccc(N2C(=O)[C@H]3C=C[C@@H]4C(=O)N(c5cccc(C)c5C)C(=O)[C@@H]5C=C[C@@H](C2=O)C3C45)c1C. The summed E-state index contributed by atoms with van der Waals surface area (Å²) in [6, 6.07) is 11.2. The summed E-state index contributed by atoms with van der Waals surface area (Å²) in [7, 11) is 0. The van der Waals surface area contributed by atoms with Gasteiger partial charge in [-0.25, -0.2) is 9.80 Å². The van der Waals surface area contributed by atoms with Crippen molar-refractivity contribution in [1.82, 2.24) is 0 Å². The summed E-state index contributed by atoms with van der Waals surface area (Å²) >= 11 is 0. The van der Waals surface area contributed by atoms with Crippen LogP contribution < -0.4 is 9.80 Å². The molecule has 2 aliphatic carbocycles. The Kier molecular flexibility index (Phi) is 4.94. The highest BCUT2D eigenvalue weighted by atomic mass is 16.2. The molecule has 36 heavy (non-hydrogen) atoms. The molecule has 2 aliphatic heterocycles. The number of hydrogen-bond acceptors (Lipinski definition) is 4. The molecular weight excluding hydrogens is 452 g/mol. The average Bonchev–Trinajstić information content (AvgIpc) is 2.86. The van der Waals surface area contributed by atoms with Gasteiger partial charge in [-0.2, -0.15) is 0 Å². The zero-order valence-electron chi connectivity index (χ0n) is 20.8. The van der Waals surface area contributed by atoms with Crippen LogP contribution in [0.3, 0.4) is 0 Å². The van der Waals surface area contributed by atoms with Crippen molar-refractivity contribution >= 4 is 35.0 Å². The quantitative estimate of drug-likeness (QED) is 0.477. The number of carbonyl (C=O) groups excluding carboxylic acids is 4. The van der Waals surface area contributed by atoms with E-state index >= 15 is 0 Å². The molecule has 0 aromatic heterocycles. The fourth-order valence-corrected chi connectivity index (χ4v) is 6.63. The number of nitrogens with zero attached hydrogens (tertiary/aromatic N) is 2. The van der Waals surface area contributed by atoms with E-state index in [4.69, 9.17) is 0 Å². The van der Waals surface area contributed by atoms with Crippen molar-refractivity contribution in [1.29, 1.82) is 0 Å². The minimum Gasteiger partial charge on any atom is -0.273 e. The fraction of sp³-hybridized carbons (Fsp3) is 0.333. The first-order valence-corrected chi connectivity index (χ1v) is 12.5. The summed E-state index contributed by atoms with van der Waals surface area (Å²) in [5, 5.41) is 0. The largest absolute Gasteiger partial charge is 0.273 e. The van der Waals surface area contributed by atoms with Crippen molar-refractivity contribution < 1.29 is 19.2 Å². The van der Waals surface area contributed by atoms with Crippen molar-refractivity contribution in [2.75, 3.05) is 9.80 Å². The molecule has 0 saturated carbocycles. The average molecular weight is 481 g/mol. The molecule has 0 spiro atoms. The third-order valence-corrected chi connectivity index (χ3v) is 8.81. The maximum absolute atomic E-state index is 13.8. The molecule has 2 fully saturated rings. The minimum atomic E-state index is -0.561. The monoisotopic (exact) mass is 480 g/mol. The van der Waals surface area contributed by atoms with Crippen LogP contribution in [0.4, 0.5) is 11.4 Å². The Morgan fingerprint density at radius 3 is 1.11 bits per heavy atom. The molecule has 2 aromatic rings. The first-order chi connectivity index (χ1) is 17.2. The smallest absolute Gasteiger partial charge is 0.241 e. The van der Waals surface area contributed by atoms with Crippen LogP contribution in [0.15, 0.2) is 60.7 Å². The van der Waals surface area contributed by atoms with E-state index in [0.29, 0.717) is 11.4 Å². The molecule has 2 saturated heterocycles. The van der Waals surface area contributed by atoms with E-state index in [2.05, 4.69) is 0 Å². The second-order valence-electron chi connectivity index (χ2n) is 10.5. The normalized spacial score (nSPS) is 30.7. The molecule has 2 aromatic carbocycles. The zero-order valence-corrected chi connectivity index (χ0v) is 20.8. The van der Waals surface area contributed by atoms with Gasteiger partial charge in [0.05, 0.1) is 35.0 Å². The van der Waals surface area contributed by atoms with E-state index in [0.717, 1.165) is 22.3 Å². The van der Waals surface area contributed by atoms with Gasteiger partial charge in [0, 0.05) is 0 Å². The van der Waals surface area contributed by atoms with Crippen LogP contribution >= 0.6 is 0 Å². The molecule has 4 amide bonds. The maximum atomic E-state index is 13.8. The van der Waals surface area contributed by atoms with Gasteiger partial charge in [0.25, 0.3) is 0 Å². The van der Waals surface area contributed by atoms with Crippen molar-refractivity contribution in [3.8, 4) is 0 Å². The summed E-state index contributed by atoms with van der Waals surface area (Å²) < 4.78 is 0. The molecule has 0 radical (unpaired) electrons. The van der Waals surface area contributed by atoms with Crippen LogP contribution in [0.5, 0.6) is 0 Å². The number of benzene rings is 2. The molecular formula is C30H28N2O4. The molecule has 0 N–H and O–H groups in total. The predicted molar refractivity (Wildman–Crippen MR) is 136 cm³/mol. The summed E-state index contributed by atoms with van der Waals surface area (Å²) in [5.41, 5.74) is 4.99. The lowest BCUT2D eigenvalue weighted by Gasteiger charge is -2.53. The van der Waals surface area contributed by atoms with E-state index in [1.165, 1.54) is 9.80 Å². The van der Waals surface area contributed by atoms with Gasteiger partial charge < -0.3 is 0 Å². The van der Waals surface area contributed by atoms with Crippen molar-refractivity contribution in [2.24, 2.45) is 35.5 Å². The summed E-state index contributed by atoms with van der Waals surface area (Å²) in [4.78, 5) is 57.7. The number of hydrogen-bond donors (Lipinski definition) is 0. The topological polar surface area (TPSA) is 74.8 Å². The molecule has 6 atom stereocenters. The van der Waals surface area contributed by atoms with Gasteiger partial charge in [0.2, 0.25) is 23.6 Å². The molecule has 6 rings (SSSR count). The summed E-state index contributed by atoms with van der Waals surface area (Å²) in [5.74, 6) is -4.20. The van der Waals surface area contributed by atoms with E-state index in [-0.39, 0.29) is 23.6 Å². The first kappa shape index (κ1) is 22.7. The number of amides is 4. The Balaban J connectivity index is 1.45. The molecule has 182 valence electrons. The van der Waals surface area contributed by atoms with Crippen LogP contribution in [0.25, 0.3) is 0 Å². The van der Waals surface area contributed by atoms with Gasteiger partial charge in [0.15, 0.2) is 0 Å². The van der Waals surface area contributed by atoms with Crippen LogP contribution in [0.1, 0.15) is 22.3 Å². The third-order valence-electron chi connectivity index (χ3n) is 8.81. The van der Waals surface area contributed by atoms with Crippen molar-refractivity contribution in [3.05, 3.63) is 83.0 Å². The Morgan fingerprint density at radius 2 is 0.806 bits per heavy atom. The Hall–Kier alpha value is -3.80. The zero-order chi connectivity index (χ0) is 25.5. The molecule has 6 nitrogen and oxygen atoms in total. The van der Waals surface area contributed by atoms with Crippen LogP contribution in [-0.2, 0) is 19.2 Å². The number of imide groups is 2. The second-order valence-corrected chi connectivity index (χ2v) is 10.5. The summed E-state index contributed by atoms with van der Waals surface area (Å²) in [6.07, 6.45) is 7.21. The second kappa shape index (κ2) is 7.85. The highest BCUT2D eigenvalue weighted by Gasteiger charge is 2.61. The Bertz CT molecular complexity index is 1260. The number of anilines is 2. The van der Waals surface area contributed by atoms with Crippen LogP contribution in [0.2, 0.25) is 0 Å².